The van der Waals surface area contributed by atoms with Gasteiger partial charge in [-0.3, -0.25) is 19.4 Å². The van der Waals surface area contributed by atoms with Gasteiger partial charge in [0.2, 0.25) is 5.91 Å². The zero-order valence-corrected chi connectivity index (χ0v) is 22.3. The predicted molar refractivity (Wildman–Crippen MR) is 150 cm³/mol. The number of para-hydroxylation sites is 1. The van der Waals surface area contributed by atoms with Crippen LogP contribution in [0, 0.1) is 5.41 Å². The zero-order valence-electron chi connectivity index (χ0n) is 22.3. The number of allylic oxidation sites excluding steroid dienone is 1. The van der Waals surface area contributed by atoms with Crippen LogP contribution >= 0.6 is 0 Å². The molecule has 3 heterocycles. The first-order valence-electron chi connectivity index (χ1n) is 13.6. The molecule has 0 radical (unpaired) electrons. The second-order valence-corrected chi connectivity index (χ2v) is 10.2. The fraction of sp³-hybridized carbons (Fsp3) is 0.323. The number of rotatable bonds is 3. The lowest BCUT2D eigenvalue weighted by atomic mass is 9.74. The summed E-state index contributed by atoms with van der Waals surface area (Å²) in [4.78, 5) is 49.9. The van der Waals surface area contributed by atoms with Crippen molar-refractivity contribution >= 4 is 17.7 Å². The number of likely N-dealkylation sites (tertiary alicyclic amines) is 1. The fourth-order valence-electron chi connectivity index (χ4n) is 5.25. The molecule has 5 rings (SSSR count). The van der Waals surface area contributed by atoms with Gasteiger partial charge in [0.25, 0.3) is 11.8 Å². The minimum atomic E-state index is -0.698. The summed E-state index contributed by atoms with van der Waals surface area (Å²) in [7, 11) is 0. The van der Waals surface area contributed by atoms with E-state index in [-0.39, 0.29) is 36.9 Å². The summed E-state index contributed by atoms with van der Waals surface area (Å²) in [5.74, 6) is -0.000715. The SMILES string of the molecule is O=C1NC[C@@H](Cc2ccccc2)NC(=O)C2(CC=CCOc3ccccc31)CCN(C(=O)c1cnccn1)CC2. The predicted octanol–water partition coefficient (Wildman–Crippen LogP) is 3.20. The van der Waals surface area contributed by atoms with Crippen LogP contribution in [0.5, 0.6) is 5.75 Å². The lowest BCUT2D eigenvalue weighted by Crippen LogP contribution is -2.54. The smallest absolute Gasteiger partial charge is 0.274 e. The third-order valence-electron chi connectivity index (χ3n) is 7.58. The van der Waals surface area contributed by atoms with Gasteiger partial charge >= 0.3 is 0 Å². The molecule has 1 aromatic heterocycles. The summed E-state index contributed by atoms with van der Waals surface area (Å²) in [5.41, 5.74) is 1.11. The molecular weight excluding hydrogens is 506 g/mol. The lowest BCUT2D eigenvalue weighted by molar-refractivity contribution is -0.134. The number of amides is 3. The van der Waals surface area contributed by atoms with Crippen molar-refractivity contribution in [2.45, 2.75) is 31.7 Å². The molecule has 1 fully saturated rings. The Hall–Kier alpha value is -4.53. The van der Waals surface area contributed by atoms with Gasteiger partial charge in [0.15, 0.2) is 0 Å². The van der Waals surface area contributed by atoms with Crippen molar-refractivity contribution in [3.8, 4) is 5.75 Å². The highest BCUT2D eigenvalue weighted by Crippen LogP contribution is 2.36. The summed E-state index contributed by atoms with van der Waals surface area (Å²) in [6.45, 7) is 1.40. The Morgan fingerprint density at radius 1 is 1.00 bits per heavy atom. The zero-order chi connectivity index (χ0) is 27.8. The van der Waals surface area contributed by atoms with Crippen molar-refractivity contribution < 1.29 is 19.1 Å². The van der Waals surface area contributed by atoms with Gasteiger partial charge in [-0.1, -0.05) is 54.6 Å². The van der Waals surface area contributed by atoms with Crippen LogP contribution in [-0.4, -0.2) is 64.9 Å². The van der Waals surface area contributed by atoms with Gasteiger partial charge in [-0.05, 0) is 43.4 Å². The molecule has 9 nitrogen and oxygen atoms in total. The molecule has 40 heavy (non-hydrogen) atoms. The Morgan fingerprint density at radius 3 is 2.55 bits per heavy atom. The Balaban J connectivity index is 1.38. The number of hydrogen-bond donors (Lipinski definition) is 2. The molecule has 9 heteroatoms. The first-order chi connectivity index (χ1) is 19.5. The number of fused-ring (bicyclic) bond motifs is 1. The molecule has 2 aliphatic heterocycles. The van der Waals surface area contributed by atoms with Gasteiger partial charge in [-0.25, -0.2) is 4.98 Å². The number of ether oxygens (including phenoxy) is 1. The third kappa shape index (κ3) is 6.36. The van der Waals surface area contributed by atoms with Crippen molar-refractivity contribution in [1.82, 2.24) is 25.5 Å². The molecule has 1 atom stereocenters. The summed E-state index contributed by atoms with van der Waals surface area (Å²) in [6, 6.07) is 16.7. The Morgan fingerprint density at radius 2 is 1.77 bits per heavy atom. The van der Waals surface area contributed by atoms with E-state index in [0.29, 0.717) is 55.8 Å². The molecule has 1 spiro atoms. The fourth-order valence-corrected chi connectivity index (χ4v) is 5.25. The van der Waals surface area contributed by atoms with Crippen LogP contribution in [0.25, 0.3) is 0 Å². The van der Waals surface area contributed by atoms with Crippen LogP contribution in [0.2, 0.25) is 0 Å². The van der Waals surface area contributed by atoms with E-state index in [1.54, 1.807) is 23.1 Å². The molecule has 0 aliphatic carbocycles. The summed E-state index contributed by atoms with van der Waals surface area (Å²) in [6.07, 6.45) is 10.4. The van der Waals surface area contributed by atoms with Gasteiger partial charge in [-0.15, -0.1) is 0 Å². The van der Waals surface area contributed by atoms with Crippen molar-refractivity contribution in [2.24, 2.45) is 5.41 Å². The Kier molecular flexibility index (Phi) is 8.49. The van der Waals surface area contributed by atoms with E-state index >= 15 is 0 Å². The van der Waals surface area contributed by atoms with E-state index in [2.05, 4.69) is 20.6 Å². The molecule has 1 saturated heterocycles. The number of aromatic nitrogens is 2. The topological polar surface area (TPSA) is 114 Å². The first kappa shape index (κ1) is 27.1. The van der Waals surface area contributed by atoms with Crippen LogP contribution < -0.4 is 15.4 Å². The maximum atomic E-state index is 14.0. The number of hydrogen-bond acceptors (Lipinski definition) is 6. The lowest BCUT2D eigenvalue weighted by Gasteiger charge is -2.41. The van der Waals surface area contributed by atoms with Crippen LogP contribution in [-0.2, 0) is 11.2 Å². The normalized spacial score (nSPS) is 19.5. The molecular formula is C31H33N5O4. The second-order valence-electron chi connectivity index (χ2n) is 10.2. The molecule has 2 aliphatic rings. The number of carbonyl (C=O) groups excluding carboxylic acids is 3. The summed E-state index contributed by atoms with van der Waals surface area (Å²) < 4.78 is 5.91. The van der Waals surface area contributed by atoms with E-state index < -0.39 is 5.41 Å². The van der Waals surface area contributed by atoms with Gasteiger partial charge in [0, 0.05) is 32.0 Å². The summed E-state index contributed by atoms with van der Waals surface area (Å²) in [5, 5.41) is 6.25. The molecule has 0 saturated carbocycles. The van der Waals surface area contributed by atoms with Crippen molar-refractivity contribution in [3.63, 3.8) is 0 Å². The standard InChI is InChI=1S/C31H33N5O4/c37-28-25-10-4-5-11-27(25)40-19-7-6-12-31(13-17-36(18-14-31)29(38)26-22-32-15-16-33-26)30(39)35-24(21-34-28)20-23-8-2-1-3-9-23/h1-11,15-16,22,24H,12-14,17-21H2,(H,34,37)(H,35,39)/t24-/m1/s1. The highest BCUT2D eigenvalue weighted by atomic mass is 16.5. The maximum absolute atomic E-state index is 14.0. The van der Waals surface area contributed by atoms with E-state index in [1.165, 1.54) is 18.6 Å². The Labute approximate surface area is 233 Å². The van der Waals surface area contributed by atoms with Crippen LogP contribution in [0.15, 0.2) is 85.3 Å². The molecule has 3 aromatic rings. The number of benzene rings is 2. The average Bonchev–Trinajstić information content (AvgIpc) is 3.00. The minimum Gasteiger partial charge on any atom is -0.489 e. The van der Waals surface area contributed by atoms with E-state index in [9.17, 15) is 14.4 Å². The third-order valence-corrected chi connectivity index (χ3v) is 7.58. The van der Waals surface area contributed by atoms with E-state index in [0.717, 1.165) is 5.56 Å². The highest BCUT2D eigenvalue weighted by molar-refractivity contribution is 5.97. The van der Waals surface area contributed by atoms with Gasteiger partial charge in [-0.2, -0.15) is 0 Å². The average molecular weight is 540 g/mol. The highest BCUT2D eigenvalue weighted by Gasteiger charge is 2.42. The van der Waals surface area contributed by atoms with Gasteiger partial charge in [0.1, 0.15) is 18.1 Å². The van der Waals surface area contributed by atoms with Gasteiger partial charge in [0.05, 0.1) is 23.2 Å². The molecule has 0 bridgehead atoms. The molecule has 0 unspecified atom stereocenters. The monoisotopic (exact) mass is 539 g/mol. The van der Waals surface area contributed by atoms with Crippen molar-refractivity contribution in [3.05, 3.63) is 102 Å². The number of carbonyl (C=O) groups is 3. The van der Waals surface area contributed by atoms with E-state index in [4.69, 9.17) is 4.74 Å². The molecule has 206 valence electrons. The van der Waals surface area contributed by atoms with Crippen molar-refractivity contribution in [1.29, 1.82) is 0 Å². The number of piperidine rings is 1. The van der Waals surface area contributed by atoms with Crippen LogP contribution in [0.4, 0.5) is 0 Å². The molecule has 2 aromatic carbocycles. The molecule has 2 N–H and O–H groups in total. The van der Waals surface area contributed by atoms with Gasteiger partial charge < -0.3 is 20.3 Å². The maximum Gasteiger partial charge on any atom is 0.274 e. The van der Waals surface area contributed by atoms with Crippen molar-refractivity contribution in [2.75, 3.05) is 26.2 Å². The van der Waals surface area contributed by atoms with E-state index in [1.807, 2.05) is 48.6 Å². The van der Waals surface area contributed by atoms with Crippen LogP contribution in [0.1, 0.15) is 45.7 Å². The summed E-state index contributed by atoms with van der Waals surface area (Å²) >= 11 is 0. The number of nitrogens with zero attached hydrogens (tertiary/aromatic N) is 3. The quantitative estimate of drug-likeness (QED) is 0.495. The Bertz CT molecular complexity index is 1350. The largest absolute Gasteiger partial charge is 0.489 e. The second kappa shape index (κ2) is 12.5. The van der Waals surface area contributed by atoms with Crippen LogP contribution in [0.3, 0.4) is 0 Å². The first-order valence-corrected chi connectivity index (χ1v) is 13.6. The molecule has 3 amide bonds. The number of nitrogens with one attached hydrogen (secondary N) is 2. The minimum absolute atomic E-state index is 0.0719.